The van der Waals surface area contributed by atoms with Crippen molar-refractivity contribution in [2.45, 2.75) is 18.9 Å². The summed E-state index contributed by atoms with van der Waals surface area (Å²) in [5.74, 6) is 0.824. The van der Waals surface area contributed by atoms with E-state index < -0.39 is 0 Å². The molecule has 15 heavy (non-hydrogen) atoms. The van der Waals surface area contributed by atoms with Crippen molar-refractivity contribution < 1.29 is 4.79 Å². The molecule has 0 aliphatic heterocycles. The Bertz CT molecular complexity index is 363. The first-order chi connectivity index (χ1) is 7.24. The number of nitrogens with zero attached hydrogens (tertiary/aromatic N) is 2. The van der Waals surface area contributed by atoms with E-state index >= 15 is 0 Å². The number of rotatable bonds is 4. The first kappa shape index (κ1) is 9.70. The topological polar surface area (TPSA) is 92.9 Å². The van der Waals surface area contributed by atoms with E-state index in [0.717, 1.165) is 12.8 Å². The molecular formula is C9H13N5O. The Morgan fingerprint density at radius 3 is 3.00 bits per heavy atom. The second kappa shape index (κ2) is 4.12. The number of carbonyl (C=O) groups is 1. The summed E-state index contributed by atoms with van der Waals surface area (Å²) in [5.41, 5.74) is 5.44. The van der Waals surface area contributed by atoms with Crippen molar-refractivity contribution in [3.63, 3.8) is 0 Å². The summed E-state index contributed by atoms with van der Waals surface area (Å²) in [6.45, 7) is 0.203. The Hall–Kier alpha value is -1.85. The molecule has 0 aromatic carbocycles. The number of hydrogen-bond acceptors (Lipinski definition) is 5. The summed E-state index contributed by atoms with van der Waals surface area (Å²) in [7, 11) is 0. The summed E-state index contributed by atoms with van der Waals surface area (Å²) < 4.78 is 0. The number of nitrogens with two attached hydrogens (primary N) is 1. The molecule has 80 valence electrons. The highest BCUT2D eigenvalue weighted by atomic mass is 16.2. The van der Waals surface area contributed by atoms with E-state index in [9.17, 15) is 4.79 Å². The SMILES string of the molecule is Nc1cncc(NCC(=O)NC2CC2)n1. The highest BCUT2D eigenvalue weighted by Gasteiger charge is 2.22. The largest absolute Gasteiger partial charge is 0.382 e. The Morgan fingerprint density at radius 1 is 1.53 bits per heavy atom. The molecule has 1 fully saturated rings. The monoisotopic (exact) mass is 207 g/mol. The van der Waals surface area contributed by atoms with Crippen LogP contribution in [-0.2, 0) is 4.79 Å². The average molecular weight is 207 g/mol. The molecule has 0 spiro atoms. The van der Waals surface area contributed by atoms with E-state index in [-0.39, 0.29) is 12.5 Å². The maximum atomic E-state index is 11.3. The minimum atomic E-state index is -0.0262. The van der Waals surface area contributed by atoms with E-state index in [1.807, 2.05) is 0 Å². The second-order valence-electron chi connectivity index (χ2n) is 3.52. The summed E-state index contributed by atoms with van der Waals surface area (Å²) in [4.78, 5) is 19.1. The van der Waals surface area contributed by atoms with Gasteiger partial charge in [-0.15, -0.1) is 0 Å². The van der Waals surface area contributed by atoms with Gasteiger partial charge in [0.05, 0.1) is 18.9 Å². The van der Waals surface area contributed by atoms with Gasteiger partial charge in [0.25, 0.3) is 0 Å². The van der Waals surface area contributed by atoms with Crippen LogP contribution in [0, 0.1) is 0 Å². The minimum absolute atomic E-state index is 0.0262. The van der Waals surface area contributed by atoms with Gasteiger partial charge in [-0.05, 0) is 12.8 Å². The Morgan fingerprint density at radius 2 is 2.33 bits per heavy atom. The molecule has 0 saturated heterocycles. The number of amides is 1. The quantitative estimate of drug-likeness (QED) is 0.633. The van der Waals surface area contributed by atoms with Gasteiger partial charge in [0.2, 0.25) is 5.91 Å². The van der Waals surface area contributed by atoms with Crippen molar-refractivity contribution in [2.24, 2.45) is 0 Å². The Kier molecular flexibility index (Phi) is 2.66. The number of nitrogen functional groups attached to an aromatic ring is 1. The van der Waals surface area contributed by atoms with Crippen LogP contribution in [0.25, 0.3) is 0 Å². The predicted octanol–water partition coefficient (Wildman–Crippen LogP) is -0.251. The van der Waals surface area contributed by atoms with Crippen molar-refractivity contribution >= 4 is 17.5 Å². The fourth-order valence-electron chi connectivity index (χ4n) is 1.14. The van der Waals surface area contributed by atoms with Gasteiger partial charge in [0.1, 0.15) is 11.6 Å². The number of anilines is 2. The van der Waals surface area contributed by atoms with Crippen LogP contribution in [0.4, 0.5) is 11.6 Å². The molecule has 2 rings (SSSR count). The molecule has 0 atom stereocenters. The minimum Gasteiger partial charge on any atom is -0.382 e. The third kappa shape index (κ3) is 3.08. The number of aromatic nitrogens is 2. The van der Waals surface area contributed by atoms with Crippen LogP contribution in [0.15, 0.2) is 12.4 Å². The van der Waals surface area contributed by atoms with Gasteiger partial charge < -0.3 is 16.4 Å². The fraction of sp³-hybridized carbons (Fsp3) is 0.444. The maximum absolute atomic E-state index is 11.3. The summed E-state index contributed by atoms with van der Waals surface area (Å²) in [5, 5.41) is 5.71. The zero-order chi connectivity index (χ0) is 10.7. The van der Waals surface area contributed by atoms with Crippen LogP contribution < -0.4 is 16.4 Å². The number of hydrogen-bond donors (Lipinski definition) is 3. The molecule has 6 heteroatoms. The van der Waals surface area contributed by atoms with Crippen LogP contribution in [0.5, 0.6) is 0 Å². The molecule has 4 N–H and O–H groups in total. The lowest BCUT2D eigenvalue weighted by atomic mass is 10.5. The van der Waals surface area contributed by atoms with Gasteiger partial charge in [0, 0.05) is 6.04 Å². The standard InChI is InChI=1S/C9H13N5O/c10-7-3-11-4-8(14-7)12-5-9(15)13-6-1-2-6/h3-4,6H,1-2,5H2,(H,13,15)(H3,10,12,14). The first-order valence-electron chi connectivity index (χ1n) is 4.85. The molecule has 6 nitrogen and oxygen atoms in total. The molecule has 1 aromatic rings. The molecule has 0 bridgehead atoms. The number of nitrogens with one attached hydrogen (secondary N) is 2. The van der Waals surface area contributed by atoms with Crippen molar-refractivity contribution in [1.82, 2.24) is 15.3 Å². The van der Waals surface area contributed by atoms with E-state index in [2.05, 4.69) is 20.6 Å². The summed E-state index contributed by atoms with van der Waals surface area (Å²) in [6.07, 6.45) is 5.16. The smallest absolute Gasteiger partial charge is 0.239 e. The molecule has 1 amide bonds. The highest BCUT2D eigenvalue weighted by molar-refractivity contribution is 5.80. The third-order valence-corrected chi connectivity index (χ3v) is 2.03. The lowest BCUT2D eigenvalue weighted by Gasteiger charge is -2.05. The van der Waals surface area contributed by atoms with Gasteiger partial charge in [-0.3, -0.25) is 9.78 Å². The first-order valence-corrected chi connectivity index (χ1v) is 4.85. The molecule has 1 aliphatic rings. The van der Waals surface area contributed by atoms with E-state index in [1.165, 1.54) is 12.4 Å². The third-order valence-electron chi connectivity index (χ3n) is 2.03. The molecule has 1 aromatic heterocycles. The molecule has 0 unspecified atom stereocenters. The zero-order valence-corrected chi connectivity index (χ0v) is 8.23. The van der Waals surface area contributed by atoms with Crippen LogP contribution in [0.1, 0.15) is 12.8 Å². The van der Waals surface area contributed by atoms with Crippen molar-refractivity contribution in [3.05, 3.63) is 12.4 Å². The summed E-state index contributed by atoms with van der Waals surface area (Å²) >= 11 is 0. The number of carbonyl (C=O) groups excluding carboxylic acids is 1. The lowest BCUT2D eigenvalue weighted by Crippen LogP contribution is -2.31. The van der Waals surface area contributed by atoms with Crippen LogP contribution in [-0.4, -0.2) is 28.5 Å². The van der Waals surface area contributed by atoms with Crippen molar-refractivity contribution in [1.29, 1.82) is 0 Å². The second-order valence-corrected chi connectivity index (χ2v) is 3.52. The Labute approximate surface area is 87.3 Å². The van der Waals surface area contributed by atoms with Gasteiger partial charge in [-0.1, -0.05) is 0 Å². The van der Waals surface area contributed by atoms with Crippen LogP contribution in [0.2, 0.25) is 0 Å². The van der Waals surface area contributed by atoms with Gasteiger partial charge >= 0.3 is 0 Å². The van der Waals surface area contributed by atoms with Gasteiger partial charge in [-0.25, -0.2) is 4.98 Å². The normalized spacial score (nSPS) is 14.7. The average Bonchev–Trinajstić information content (AvgIpc) is 2.99. The maximum Gasteiger partial charge on any atom is 0.239 e. The molecule has 1 heterocycles. The summed E-state index contributed by atoms with van der Waals surface area (Å²) in [6, 6.07) is 0.381. The van der Waals surface area contributed by atoms with Crippen molar-refractivity contribution in [3.8, 4) is 0 Å². The zero-order valence-electron chi connectivity index (χ0n) is 8.23. The van der Waals surface area contributed by atoms with Crippen LogP contribution >= 0.6 is 0 Å². The van der Waals surface area contributed by atoms with Crippen LogP contribution in [0.3, 0.4) is 0 Å². The molecule has 0 radical (unpaired) electrons. The van der Waals surface area contributed by atoms with E-state index in [1.54, 1.807) is 0 Å². The van der Waals surface area contributed by atoms with Gasteiger partial charge in [-0.2, -0.15) is 0 Å². The predicted molar refractivity (Wildman–Crippen MR) is 56.1 cm³/mol. The Balaban J connectivity index is 1.78. The molecule has 1 aliphatic carbocycles. The van der Waals surface area contributed by atoms with Gasteiger partial charge in [0.15, 0.2) is 0 Å². The fourth-order valence-corrected chi connectivity index (χ4v) is 1.14. The molecular weight excluding hydrogens is 194 g/mol. The molecule has 1 saturated carbocycles. The highest BCUT2D eigenvalue weighted by Crippen LogP contribution is 2.18. The van der Waals surface area contributed by atoms with Crippen molar-refractivity contribution in [2.75, 3.05) is 17.6 Å². The van der Waals surface area contributed by atoms with E-state index in [4.69, 9.17) is 5.73 Å². The lowest BCUT2D eigenvalue weighted by molar-refractivity contribution is -0.119. The van der Waals surface area contributed by atoms with E-state index in [0.29, 0.717) is 17.7 Å².